The van der Waals surface area contributed by atoms with Crippen LogP contribution in [-0.4, -0.2) is 24.0 Å². The predicted octanol–water partition coefficient (Wildman–Crippen LogP) is 1.71. The first kappa shape index (κ1) is 10.2. The molecule has 0 bridgehead atoms. The number of hydrogen-bond acceptors (Lipinski definition) is 4. The molecule has 0 aliphatic carbocycles. The zero-order valence-electron chi connectivity index (χ0n) is 8.39. The average molecular weight is 220 g/mol. The summed E-state index contributed by atoms with van der Waals surface area (Å²) in [6.45, 7) is 0. The molecule has 1 aromatic heterocycles. The summed E-state index contributed by atoms with van der Waals surface area (Å²) >= 11 is 0. The van der Waals surface area contributed by atoms with Gasteiger partial charge in [-0.15, -0.1) is 0 Å². The molecule has 0 fully saturated rings. The normalized spacial score (nSPS) is 10.3. The van der Waals surface area contributed by atoms with Gasteiger partial charge in [0.15, 0.2) is 11.3 Å². The second kappa shape index (κ2) is 3.69. The van der Waals surface area contributed by atoms with Gasteiger partial charge in [-0.2, -0.15) is 0 Å². The standard InChI is InChI=1S/C11H8O5/c1-15-8-3-2-6(9(12)11(13)14)7-4-5-16-10(7)8/h2-5H,1H3,(H,13,14). The number of Topliss-reactive ketones (excluding diaryl/α,β-unsaturated/α-hetero) is 1. The Morgan fingerprint density at radius 2 is 2.06 bits per heavy atom. The van der Waals surface area contributed by atoms with Gasteiger partial charge in [0.1, 0.15) is 0 Å². The van der Waals surface area contributed by atoms with Crippen LogP contribution in [0.15, 0.2) is 28.9 Å². The van der Waals surface area contributed by atoms with Crippen molar-refractivity contribution in [1.82, 2.24) is 0 Å². The minimum Gasteiger partial charge on any atom is -0.493 e. The first-order valence-corrected chi connectivity index (χ1v) is 4.47. The Morgan fingerprint density at radius 3 is 2.69 bits per heavy atom. The Kier molecular flexibility index (Phi) is 2.36. The highest BCUT2D eigenvalue weighted by Gasteiger charge is 2.20. The van der Waals surface area contributed by atoms with Crippen molar-refractivity contribution in [2.24, 2.45) is 0 Å². The molecule has 5 heteroatoms. The van der Waals surface area contributed by atoms with E-state index in [-0.39, 0.29) is 5.56 Å². The van der Waals surface area contributed by atoms with E-state index in [2.05, 4.69) is 0 Å². The minimum atomic E-state index is -1.49. The number of carbonyl (C=O) groups is 2. The summed E-state index contributed by atoms with van der Waals surface area (Å²) in [4.78, 5) is 22.0. The first-order chi connectivity index (χ1) is 7.65. The molecule has 1 aromatic carbocycles. The molecule has 0 unspecified atom stereocenters. The summed E-state index contributed by atoms with van der Waals surface area (Å²) in [7, 11) is 1.47. The molecule has 5 nitrogen and oxygen atoms in total. The maximum Gasteiger partial charge on any atom is 0.377 e. The van der Waals surface area contributed by atoms with Crippen molar-refractivity contribution >= 4 is 22.7 Å². The highest BCUT2D eigenvalue weighted by Crippen LogP contribution is 2.29. The molecule has 1 heterocycles. The van der Waals surface area contributed by atoms with Gasteiger partial charge in [0.25, 0.3) is 5.78 Å². The van der Waals surface area contributed by atoms with E-state index in [9.17, 15) is 9.59 Å². The van der Waals surface area contributed by atoms with Crippen molar-refractivity contribution in [2.75, 3.05) is 7.11 Å². The number of methoxy groups -OCH3 is 1. The monoisotopic (exact) mass is 220 g/mol. The maximum atomic E-state index is 11.4. The number of ether oxygens (including phenoxy) is 1. The lowest BCUT2D eigenvalue weighted by Crippen LogP contribution is -2.12. The van der Waals surface area contributed by atoms with Crippen LogP contribution in [0, 0.1) is 0 Å². The highest BCUT2D eigenvalue weighted by atomic mass is 16.5. The van der Waals surface area contributed by atoms with E-state index in [1.54, 1.807) is 0 Å². The number of carbonyl (C=O) groups excluding carboxylic acids is 1. The number of fused-ring (bicyclic) bond motifs is 1. The summed E-state index contributed by atoms with van der Waals surface area (Å²) in [6, 6.07) is 4.45. The molecule has 0 saturated heterocycles. The molecule has 0 amide bonds. The SMILES string of the molecule is COc1ccc(C(=O)C(=O)O)c2ccoc12. The molecule has 0 atom stereocenters. The number of hydrogen-bond donors (Lipinski definition) is 1. The molecule has 0 aliphatic rings. The third-order valence-electron chi connectivity index (χ3n) is 2.24. The lowest BCUT2D eigenvalue weighted by molar-refractivity contribution is -0.131. The zero-order chi connectivity index (χ0) is 11.7. The molecular weight excluding hydrogens is 212 g/mol. The molecule has 82 valence electrons. The summed E-state index contributed by atoms with van der Waals surface area (Å²) in [5.74, 6) is -2.00. The van der Waals surface area contributed by atoms with Crippen molar-refractivity contribution in [1.29, 1.82) is 0 Å². The van der Waals surface area contributed by atoms with Crippen LogP contribution >= 0.6 is 0 Å². The predicted molar refractivity (Wildman–Crippen MR) is 54.7 cm³/mol. The largest absolute Gasteiger partial charge is 0.493 e. The smallest absolute Gasteiger partial charge is 0.377 e. The Morgan fingerprint density at radius 1 is 1.31 bits per heavy atom. The quantitative estimate of drug-likeness (QED) is 0.629. The van der Waals surface area contributed by atoms with Crippen LogP contribution in [0.4, 0.5) is 0 Å². The number of carboxylic acid groups (broad SMARTS) is 1. The van der Waals surface area contributed by atoms with Crippen molar-refractivity contribution in [2.45, 2.75) is 0 Å². The molecule has 0 saturated carbocycles. The molecule has 1 N–H and O–H groups in total. The van der Waals surface area contributed by atoms with Gasteiger partial charge in [0.05, 0.1) is 13.4 Å². The second-order valence-corrected chi connectivity index (χ2v) is 3.11. The number of aliphatic carboxylic acids is 1. The van der Waals surface area contributed by atoms with Crippen LogP contribution in [0.2, 0.25) is 0 Å². The van der Waals surface area contributed by atoms with Crippen LogP contribution in [0.25, 0.3) is 11.0 Å². The van der Waals surface area contributed by atoms with Gasteiger partial charge in [0, 0.05) is 10.9 Å². The number of carboxylic acids is 1. The Hall–Kier alpha value is -2.30. The lowest BCUT2D eigenvalue weighted by atomic mass is 10.1. The Bertz CT molecular complexity index is 567. The molecule has 2 aromatic rings. The molecule has 0 spiro atoms. The van der Waals surface area contributed by atoms with E-state index in [0.717, 1.165) is 0 Å². The van der Waals surface area contributed by atoms with Crippen molar-refractivity contribution in [3.05, 3.63) is 30.0 Å². The minimum absolute atomic E-state index is 0.0945. The third kappa shape index (κ3) is 1.42. The number of furan rings is 1. The topological polar surface area (TPSA) is 76.7 Å². The molecular formula is C11H8O5. The number of rotatable bonds is 3. The van der Waals surface area contributed by atoms with Gasteiger partial charge < -0.3 is 14.3 Å². The first-order valence-electron chi connectivity index (χ1n) is 4.47. The summed E-state index contributed by atoms with van der Waals surface area (Å²) < 4.78 is 10.2. The summed E-state index contributed by atoms with van der Waals surface area (Å²) in [5.41, 5.74) is 0.464. The van der Waals surface area contributed by atoms with Gasteiger partial charge >= 0.3 is 5.97 Å². The van der Waals surface area contributed by atoms with E-state index in [1.807, 2.05) is 0 Å². The van der Waals surface area contributed by atoms with Crippen LogP contribution < -0.4 is 4.74 Å². The molecule has 16 heavy (non-hydrogen) atoms. The Balaban J connectivity index is 2.69. The fraction of sp³-hybridized carbons (Fsp3) is 0.0909. The molecule has 0 aliphatic heterocycles. The van der Waals surface area contributed by atoms with Gasteiger partial charge in [-0.05, 0) is 18.2 Å². The van der Waals surface area contributed by atoms with Gasteiger partial charge in [0.2, 0.25) is 0 Å². The number of benzene rings is 1. The van der Waals surface area contributed by atoms with E-state index in [4.69, 9.17) is 14.3 Å². The van der Waals surface area contributed by atoms with Gasteiger partial charge in [-0.25, -0.2) is 4.79 Å². The molecule has 0 radical (unpaired) electrons. The third-order valence-corrected chi connectivity index (χ3v) is 2.24. The number of ketones is 1. The summed E-state index contributed by atoms with van der Waals surface area (Å²) in [5, 5.41) is 9.08. The van der Waals surface area contributed by atoms with Crippen LogP contribution in [0.3, 0.4) is 0 Å². The fourth-order valence-corrected chi connectivity index (χ4v) is 1.51. The summed E-state index contributed by atoms with van der Waals surface area (Å²) in [6.07, 6.45) is 1.38. The Labute approximate surface area is 90.2 Å². The van der Waals surface area contributed by atoms with Crippen LogP contribution in [-0.2, 0) is 4.79 Å². The highest BCUT2D eigenvalue weighted by molar-refractivity contribution is 6.42. The van der Waals surface area contributed by atoms with Crippen LogP contribution in [0.5, 0.6) is 5.75 Å². The zero-order valence-corrected chi connectivity index (χ0v) is 8.39. The van der Waals surface area contributed by atoms with E-state index >= 15 is 0 Å². The van der Waals surface area contributed by atoms with E-state index < -0.39 is 11.8 Å². The lowest BCUT2D eigenvalue weighted by Gasteiger charge is -2.03. The van der Waals surface area contributed by atoms with E-state index in [0.29, 0.717) is 16.7 Å². The second-order valence-electron chi connectivity index (χ2n) is 3.11. The van der Waals surface area contributed by atoms with Crippen LogP contribution in [0.1, 0.15) is 10.4 Å². The van der Waals surface area contributed by atoms with Crippen molar-refractivity contribution < 1.29 is 23.8 Å². The average Bonchev–Trinajstić information content (AvgIpc) is 2.75. The fourth-order valence-electron chi connectivity index (χ4n) is 1.51. The van der Waals surface area contributed by atoms with Gasteiger partial charge in [-0.3, -0.25) is 4.79 Å². The van der Waals surface area contributed by atoms with Crippen molar-refractivity contribution in [3.63, 3.8) is 0 Å². The van der Waals surface area contributed by atoms with Gasteiger partial charge in [-0.1, -0.05) is 0 Å². The molecule has 2 rings (SSSR count). The maximum absolute atomic E-state index is 11.4. The van der Waals surface area contributed by atoms with Crippen molar-refractivity contribution in [3.8, 4) is 5.75 Å². The van der Waals surface area contributed by atoms with E-state index in [1.165, 1.54) is 31.6 Å².